The van der Waals surface area contributed by atoms with Gasteiger partial charge in [0.05, 0.1) is 0 Å². The van der Waals surface area contributed by atoms with Crippen molar-refractivity contribution in [1.82, 2.24) is 0 Å². The molecule has 0 spiro atoms. The van der Waals surface area contributed by atoms with Gasteiger partial charge in [0.2, 0.25) is 0 Å². The minimum atomic E-state index is -6.56. The molecule has 0 saturated heterocycles. The molecule has 0 radical (unpaired) electrons. The summed E-state index contributed by atoms with van der Waals surface area (Å²) >= 11 is 0. The molecule has 0 atom stereocenters. The normalized spacial score (nSPS) is 15.9. The topological polar surface area (TPSA) is 9.23 Å². The first kappa shape index (κ1) is 22.1. The van der Waals surface area contributed by atoms with E-state index in [0.29, 0.717) is 0 Å². The number of alkyl halides is 12. The molecular weight excluding hydrogens is 364 g/mol. The van der Waals surface area contributed by atoms with E-state index in [1.165, 1.54) is 0 Å². The Balaban J connectivity index is 6.56. The van der Waals surface area contributed by atoms with E-state index in [9.17, 15) is 52.7 Å². The van der Waals surface area contributed by atoms with E-state index < -0.39 is 48.7 Å². The SMILES string of the molecule is CCC(OC(CC)(C(F)(F)F)C(F)(F)F)(C(F)(F)F)C(F)(F)F. The highest BCUT2D eigenvalue weighted by Crippen LogP contribution is 2.56. The van der Waals surface area contributed by atoms with Gasteiger partial charge in [-0.15, -0.1) is 0 Å². The average Bonchev–Trinajstić information content (AvgIpc) is 2.23. The molecule has 0 bridgehead atoms. The summed E-state index contributed by atoms with van der Waals surface area (Å²) in [5.41, 5.74) is -11.2. The van der Waals surface area contributed by atoms with Crippen LogP contribution in [-0.4, -0.2) is 35.9 Å². The Morgan fingerprint density at radius 1 is 0.478 bits per heavy atom. The predicted molar refractivity (Wildman–Crippen MR) is 51.3 cm³/mol. The van der Waals surface area contributed by atoms with Gasteiger partial charge in [0.1, 0.15) is 0 Å². The average molecular weight is 374 g/mol. The van der Waals surface area contributed by atoms with Crippen molar-refractivity contribution in [2.45, 2.75) is 62.6 Å². The molecule has 0 aromatic carbocycles. The number of rotatable bonds is 4. The van der Waals surface area contributed by atoms with Crippen LogP contribution >= 0.6 is 0 Å². The van der Waals surface area contributed by atoms with Crippen molar-refractivity contribution in [1.29, 1.82) is 0 Å². The molecule has 0 saturated carbocycles. The van der Waals surface area contributed by atoms with Gasteiger partial charge >= 0.3 is 24.7 Å². The Kier molecular flexibility index (Phi) is 5.66. The fraction of sp³-hybridized carbons (Fsp3) is 1.00. The molecular formula is C10H10F12O. The summed E-state index contributed by atoms with van der Waals surface area (Å²) in [6.45, 7) is 0.238. The van der Waals surface area contributed by atoms with Crippen molar-refractivity contribution in [2.24, 2.45) is 0 Å². The first-order valence-electron chi connectivity index (χ1n) is 5.80. The Morgan fingerprint density at radius 3 is 0.739 bits per heavy atom. The van der Waals surface area contributed by atoms with Crippen LogP contribution in [0.3, 0.4) is 0 Å². The lowest BCUT2D eigenvalue weighted by atomic mass is 9.92. The fourth-order valence-corrected chi connectivity index (χ4v) is 1.80. The summed E-state index contributed by atoms with van der Waals surface area (Å²) in [7, 11) is 0. The zero-order valence-electron chi connectivity index (χ0n) is 11.4. The summed E-state index contributed by atoms with van der Waals surface area (Å²) in [4.78, 5) is 0. The van der Waals surface area contributed by atoms with Crippen LogP contribution < -0.4 is 0 Å². The molecule has 0 aliphatic rings. The number of halogens is 12. The van der Waals surface area contributed by atoms with Gasteiger partial charge in [-0.1, -0.05) is 13.8 Å². The maximum Gasteiger partial charge on any atom is 0.426 e. The Bertz CT molecular complexity index is 332. The molecule has 0 amide bonds. The number of ether oxygens (including phenoxy) is 1. The van der Waals surface area contributed by atoms with Gasteiger partial charge < -0.3 is 4.74 Å². The second-order valence-electron chi connectivity index (χ2n) is 4.45. The molecule has 140 valence electrons. The van der Waals surface area contributed by atoms with Crippen LogP contribution in [-0.2, 0) is 4.74 Å². The molecule has 0 aliphatic carbocycles. The van der Waals surface area contributed by atoms with Gasteiger partial charge in [0.15, 0.2) is 0 Å². The van der Waals surface area contributed by atoms with Crippen molar-refractivity contribution in [2.75, 3.05) is 0 Å². The molecule has 0 aromatic heterocycles. The summed E-state index contributed by atoms with van der Waals surface area (Å²) in [6.07, 6.45) is -30.7. The second-order valence-corrected chi connectivity index (χ2v) is 4.45. The van der Waals surface area contributed by atoms with Crippen molar-refractivity contribution < 1.29 is 57.4 Å². The smallest absolute Gasteiger partial charge is 0.334 e. The van der Waals surface area contributed by atoms with Crippen LogP contribution in [0.1, 0.15) is 26.7 Å². The molecule has 0 heterocycles. The molecule has 0 unspecified atom stereocenters. The van der Waals surface area contributed by atoms with E-state index in [0.717, 1.165) is 0 Å². The third-order valence-corrected chi connectivity index (χ3v) is 3.18. The van der Waals surface area contributed by atoms with Gasteiger partial charge in [-0.2, -0.15) is 52.7 Å². The monoisotopic (exact) mass is 374 g/mol. The maximum absolute atomic E-state index is 12.7. The van der Waals surface area contributed by atoms with Crippen LogP contribution in [0.5, 0.6) is 0 Å². The molecule has 0 aromatic rings. The first-order chi connectivity index (χ1) is 9.83. The zero-order valence-corrected chi connectivity index (χ0v) is 11.4. The third-order valence-electron chi connectivity index (χ3n) is 3.18. The van der Waals surface area contributed by atoms with Crippen molar-refractivity contribution in [3.63, 3.8) is 0 Å². The Hall–Kier alpha value is -0.880. The van der Waals surface area contributed by atoms with Crippen molar-refractivity contribution in [3.05, 3.63) is 0 Å². The quantitative estimate of drug-likeness (QED) is 0.587. The van der Waals surface area contributed by atoms with E-state index in [1.54, 1.807) is 0 Å². The summed E-state index contributed by atoms with van der Waals surface area (Å²) in [5, 5.41) is 0. The molecule has 23 heavy (non-hydrogen) atoms. The predicted octanol–water partition coefficient (Wildman–Crippen LogP) is 5.55. The molecule has 0 N–H and O–H groups in total. The largest absolute Gasteiger partial charge is 0.426 e. The summed E-state index contributed by atoms with van der Waals surface area (Å²) < 4.78 is 156. The molecule has 13 heteroatoms. The summed E-state index contributed by atoms with van der Waals surface area (Å²) in [5.74, 6) is 0. The second kappa shape index (κ2) is 5.88. The highest BCUT2D eigenvalue weighted by atomic mass is 19.4. The molecule has 1 nitrogen and oxygen atoms in total. The maximum atomic E-state index is 12.7. The number of hydrogen-bond acceptors (Lipinski definition) is 1. The van der Waals surface area contributed by atoms with Crippen molar-refractivity contribution >= 4 is 0 Å². The van der Waals surface area contributed by atoms with Crippen LogP contribution in [0.2, 0.25) is 0 Å². The fourth-order valence-electron chi connectivity index (χ4n) is 1.80. The highest BCUT2D eigenvalue weighted by molar-refractivity contribution is 5.03. The van der Waals surface area contributed by atoms with Crippen LogP contribution in [0.25, 0.3) is 0 Å². The summed E-state index contributed by atoms with van der Waals surface area (Å²) in [6, 6.07) is 0. The van der Waals surface area contributed by atoms with E-state index in [1.807, 2.05) is 0 Å². The van der Waals surface area contributed by atoms with E-state index in [-0.39, 0.29) is 13.8 Å². The lowest BCUT2D eigenvalue weighted by molar-refractivity contribution is -0.468. The van der Waals surface area contributed by atoms with Gasteiger partial charge in [-0.3, -0.25) is 0 Å². The van der Waals surface area contributed by atoms with Crippen LogP contribution in [0.4, 0.5) is 52.7 Å². The molecule has 0 fully saturated rings. The Labute approximate surface area is 121 Å². The minimum absolute atomic E-state index is 0.119. The lowest BCUT2D eigenvalue weighted by Crippen LogP contribution is -2.69. The number of hydrogen-bond donors (Lipinski definition) is 0. The molecule has 0 rings (SSSR count). The standard InChI is InChI=1S/C10H10F12O/c1-3-5(7(11,12)13,8(14,15)16)23-6(4-2,9(17,18)19)10(20,21)22/h3-4H2,1-2H3. The van der Waals surface area contributed by atoms with E-state index >= 15 is 0 Å². The van der Waals surface area contributed by atoms with E-state index in [4.69, 9.17) is 0 Å². The zero-order chi connectivity index (χ0) is 19.1. The van der Waals surface area contributed by atoms with Gasteiger partial charge in [0.25, 0.3) is 11.2 Å². The Morgan fingerprint density at radius 2 is 0.652 bits per heavy atom. The molecule has 0 aliphatic heterocycles. The van der Waals surface area contributed by atoms with Crippen LogP contribution in [0.15, 0.2) is 0 Å². The van der Waals surface area contributed by atoms with Gasteiger partial charge in [-0.05, 0) is 12.8 Å². The van der Waals surface area contributed by atoms with E-state index in [2.05, 4.69) is 4.74 Å². The van der Waals surface area contributed by atoms with Crippen LogP contribution in [0, 0.1) is 0 Å². The third kappa shape index (κ3) is 3.48. The van der Waals surface area contributed by atoms with Gasteiger partial charge in [0, 0.05) is 0 Å². The first-order valence-corrected chi connectivity index (χ1v) is 5.80. The van der Waals surface area contributed by atoms with Gasteiger partial charge in [-0.25, -0.2) is 0 Å². The minimum Gasteiger partial charge on any atom is -0.334 e. The highest BCUT2D eigenvalue weighted by Gasteiger charge is 2.80. The van der Waals surface area contributed by atoms with Crippen molar-refractivity contribution in [3.8, 4) is 0 Å². The lowest BCUT2D eigenvalue weighted by Gasteiger charge is -2.45.